The summed E-state index contributed by atoms with van der Waals surface area (Å²) in [7, 11) is -3.46. The van der Waals surface area contributed by atoms with E-state index in [0.717, 1.165) is 16.9 Å². The van der Waals surface area contributed by atoms with Crippen molar-refractivity contribution >= 4 is 15.9 Å². The van der Waals surface area contributed by atoms with Crippen LogP contribution in [-0.2, 0) is 14.8 Å². The van der Waals surface area contributed by atoms with Crippen molar-refractivity contribution in [2.24, 2.45) is 0 Å². The Labute approximate surface area is 179 Å². The van der Waals surface area contributed by atoms with E-state index in [-0.39, 0.29) is 11.9 Å². The van der Waals surface area contributed by atoms with Gasteiger partial charge in [0.25, 0.3) is 0 Å². The maximum Gasteiger partial charge on any atom is 0.243 e. The minimum atomic E-state index is -3.46. The van der Waals surface area contributed by atoms with Crippen LogP contribution in [0, 0.1) is 13.8 Å². The van der Waals surface area contributed by atoms with Crippen LogP contribution in [0.25, 0.3) is 0 Å². The van der Waals surface area contributed by atoms with Crippen molar-refractivity contribution in [2.75, 3.05) is 19.7 Å². The third kappa shape index (κ3) is 5.83. The molecule has 0 saturated carbocycles. The number of amides is 1. The lowest BCUT2D eigenvalue weighted by atomic mass is 10.1. The van der Waals surface area contributed by atoms with E-state index >= 15 is 0 Å². The summed E-state index contributed by atoms with van der Waals surface area (Å²) < 4.78 is 32.7. The van der Waals surface area contributed by atoms with E-state index in [4.69, 9.17) is 4.74 Å². The van der Waals surface area contributed by atoms with Crippen LogP contribution in [0.3, 0.4) is 0 Å². The van der Waals surface area contributed by atoms with Crippen molar-refractivity contribution in [3.63, 3.8) is 0 Å². The molecule has 2 aromatic carbocycles. The molecule has 0 unspecified atom stereocenters. The standard InChI is InChI=1S/C23H30N2O4S/c1-18-10-11-19(2)22(17-18)29-16-6-9-23(26)24-20-12-14-25(15-13-20)30(27,28)21-7-4-3-5-8-21/h3-5,7-8,10-11,17,20H,6,9,12-16H2,1-2H3,(H,24,26). The van der Waals surface area contributed by atoms with Gasteiger partial charge in [0.15, 0.2) is 0 Å². The van der Waals surface area contributed by atoms with Crippen LogP contribution in [0.15, 0.2) is 53.4 Å². The summed E-state index contributed by atoms with van der Waals surface area (Å²) in [6.45, 7) is 5.35. The topological polar surface area (TPSA) is 75.7 Å². The number of ether oxygens (including phenoxy) is 1. The molecule has 1 amide bonds. The Bertz CT molecular complexity index is 952. The molecule has 0 bridgehead atoms. The molecule has 7 heteroatoms. The van der Waals surface area contributed by atoms with Crippen LogP contribution in [0.1, 0.15) is 36.8 Å². The second-order valence-electron chi connectivity index (χ2n) is 7.78. The van der Waals surface area contributed by atoms with E-state index < -0.39 is 10.0 Å². The summed E-state index contributed by atoms with van der Waals surface area (Å²) in [6, 6.07) is 14.6. The molecule has 1 aliphatic heterocycles. The number of rotatable bonds is 8. The average Bonchev–Trinajstić information content (AvgIpc) is 2.74. The van der Waals surface area contributed by atoms with Gasteiger partial charge in [0.05, 0.1) is 11.5 Å². The third-order valence-electron chi connectivity index (χ3n) is 5.35. The van der Waals surface area contributed by atoms with E-state index in [2.05, 4.69) is 5.32 Å². The molecule has 3 rings (SSSR count). The first-order valence-electron chi connectivity index (χ1n) is 10.4. The molecular formula is C23H30N2O4S. The number of piperidine rings is 1. The molecule has 0 aliphatic carbocycles. The van der Waals surface area contributed by atoms with Gasteiger partial charge in [-0.3, -0.25) is 4.79 Å². The zero-order valence-corrected chi connectivity index (χ0v) is 18.5. The van der Waals surface area contributed by atoms with Crippen molar-refractivity contribution in [2.45, 2.75) is 50.5 Å². The Morgan fingerprint density at radius 3 is 2.50 bits per heavy atom. The first kappa shape index (κ1) is 22.3. The second-order valence-corrected chi connectivity index (χ2v) is 9.72. The lowest BCUT2D eigenvalue weighted by Gasteiger charge is -2.31. The Kier molecular flexibility index (Phi) is 7.50. The van der Waals surface area contributed by atoms with Crippen LogP contribution >= 0.6 is 0 Å². The molecule has 1 fully saturated rings. The molecule has 0 atom stereocenters. The average molecular weight is 431 g/mol. The minimum absolute atomic E-state index is 0.0102. The predicted molar refractivity (Wildman–Crippen MR) is 117 cm³/mol. The van der Waals surface area contributed by atoms with Crippen molar-refractivity contribution < 1.29 is 17.9 Å². The Hall–Kier alpha value is -2.38. The van der Waals surface area contributed by atoms with Crippen LogP contribution in [0.5, 0.6) is 5.75 Å². The molecule has 6 nitrogen and oxygen atoms in total. The van der Waals surface area contributed by atoms with Gasteiger partial charge >= 0.3 is 0 Å². The van der Waals surface area contributed by atoms with E-state index in [1.165, 1.54) is 4.31 Å². The SMILES string of the molecule is Cc1ccc(C)c(OCCCC(=O)NC2CCN(S(=O)(=O)c3ccccc3)CC2)c1. The number of hydrogen-bond acceptors (Lipinski definition) is 4. The van der Waals surface area contributed by atoms with Gasteiger partial charge in [-0.05, 0) is 62.4 Å². The number of nitrogens with zero attached hydrogens (tertiary/aromatic N) is 1. The maximum atomic E-state index is 12.7. The molecule has 0 spiro atoms. The Morgan fingerprint density at radius 1 is 1.10 bits per heavy atom. The fourth-order valence-electron chi connectivity index (χ4n) is 3.56. The summed E-state index contributed by atoms with van der Waals surface area (Å²) in [5.41, 5.74) is 2.23. The Morgan fingerprint density at radius 2 is 1.80 bits per heavy atom. The van der Waals surface area contributed by atoms with Gasteiger partial charge in [-0.1, -0.05) is 30.3 Å². The van der Waals surface area contributed by atoms with Gasteiger partial charge in [-0.25, -0.2) is 8.42 Å². The molecule has 0 radical (unpaired) electrons. The number of hydrogen-bond donors (Lipinski definition) is 1. The normalized spacial score (nSPS) is 15.7. The van der Waals surface area contributed by atoms with Crippen LogP contribution in [-0.4, -0.2) is 44.4 Å². The number of carbonyl (C=O) groups excluding carboxylic acids is 1. The van der Waals surface area contributed by atoms with Crippen molar-refractivity contribution in [1.29, 1.82) is 0 Å². The van der Waals surface area contributed by atoms with Gasteiger partial charge in [-0.15, -0.1) is 0 Å². The van der Waals surface area contributed by atoms with Crippen LogP contribution in [0.4, 0.5) is 0 Å². The monoisotopic (exact) mass is 430 g/mol. The van der Waals surface area contributed by atoms with Gasteiger partial charge in [0.1, 0.15) is 5.75 Å². The molecule has 1 heterocycles. The van der Waals surface area contributed by atoms with Gasteiger partial charge in [0, 0.05) is 25.6 Å². The summed E-state index contributed by atoms with van der Waals surface area (Å²) in [5.74, 6) is 0.853. The molecule has 2 aromatic rings. The Balaban J connectivity index is 1.38. The minimum Gasteiger partial charge on any atom is -0.493 e. The quantitative estimate of drug-likeness (QED) is 0.651. The second kappa shape index (κ2) is 10.1. The van der Waals surface area contributed by atoms with Crippen molar-refractivity contribution in [3.8, 4) is 5.75 Å². The largest absolute Gasteiger partial charge is 0.493 e. The zero-order chi connectivity index (χ0) is 21.6. The summed E-state index contributed by atoms with van der Waals surface area (Å²) >= 11 is 0. The van der Waals surface area contributed by atoms with E-state index in [9.17, 15) is 13.2 Å². The van der Waals surface area contributed by atoms with Crippen LogP contribution < -0.4 is 10.1 Å². The molecule has 30 heavy (non-hydrogen) atoms. The lowest BCUT2D eigenvalue weighted by molar-refractivity contribution is -0.122. The van der Waals surface area contributed by atoms with E-state index in [1.807, 2.05) is 32.0 Å². The maximum absolute atomic E-state index is 12.7. The first-order valence-corrected chi connectivity index (χ1v) is 11.8. The molecular weight excluding hydrogens is 400 g/mol. The number of sulfonamides is 1. The first-order chi connectivity index (χ1) is 14.4. The third-order valence-corrected chi connectivity index (χ3v) is 7.26. The highest BCUT2D eigenvalue weighted by molar-refractivity contribution is 7.89. The van der Waals surface area contributed by atoms with Gasteiger partial charge in [-0.2, -0.15) is 4.31 Å². The smallest absolute Gasteiger partial charge is 0.243 e. The lowest BCUT2D eigenvalue weighted by Crippen LogP contribution is -2.46. The number of nitrogens with one attached hydrogen (secondary N) is 1. The number of benzene rings is 2. The number of carbonyl (C=O) groups is 1. The summed E-state index contributed by atoms with van der Waals surface area (Å²) in [5, 5.41) is 3.03. The van der Waals surface area contributed by atoms with E-state index in [1.54, 1.807) is 30.3 Å². The molecule has 0 aromatic heterocycles. The molecule has 1 aliphatic rings. The van der Waals surface area contributed by atoms with Gasteiger partial charge in [0.2, 0.25) is 15.9 Å². The highest BCUT2D eigenvalue weighted by atomic mass is 32.2. The summed E-state index contributed by atoms with van der Waals surface area (Å²) in [4.78, 5) is 12.6. The van der Waals surface area contributed by atoms with Crippen LogP contribution in [0.2, 0.25) is 0 Å². The van der Waals surface area contributed by atoms with Crippen molar-refractivity contribution in [1.82, 2.24) is 9.62 Å². The predicted octanol–water partition coefficient (Wildman–Crippen LogP) is 3.43. The molecule has 1 saturated heterocycles. The highest BCUT2D eigenvalue weighted by Crippen LogP contribution is 2.21. The fraction of sp³-hybridized carbons (Fsp3) is 0.435. The zero-order valence-electron chi connectivity index (χ0n) is 17.6. The van der Waals surface area contributed by atoms with Crippen molar-refractivity contribution in [3.05, 3.63) is 59.7 Å². The summed E-state index contributed by atoms with van der Waals surface area (Å²) in [6.07, 6.45) is 2.28. The fourth-order valence-corrected chi connectivity index (χ4v) is 5.05. The highest BCUT2D eigenvalue weighted by Gasteiger charge is 2.29. The van der Waals surface area contributed by atoms with Gasteiger partial charge < -0.3 is 10.1 Å². The van der Waals surface area contributed by atoms with E-state index in [0.29, 0.717) is 50.3 Å². The molecule has 162 valence electrons. The number of aryl methyl sites for hydroxylation is 2. The molecule has 1 N–H and O–H groups in total.